The number of likely N-dealkylation sites (tertiary alicyclic amines) is 1. The largest absolute Gasteiger partial charge is 0.340 e. The fourth-order valence-electron chi connectivity index (χ4n) is 4.28. The van der Waals surface area contributed by atoms with Crippen LogP contribution in [-0.2, 0) is 13.6 Å². The first-order chi connectivity index (χ1) is 13.0. The molecule has 2 aliphatic rings. The molecule has 0 spiro atoms. The lowest BCUT2D eigenvalue weighted by Gasteiger charge is -2.25. The number of rotatable bonds is 6. The standard InChI is InChI=1S/C20H24Cl2N4O/c1-3-25-8-14-15(9-25)16(14)10-26(20(27)19-11-24(2)12-23-19)7-13-4-5-17(21)18(22)6-13/h4-6,11-12,14-16H,3,7-10H2,1-2H3. The minimum atomic E-state index is -0.0287. The Morgan fingerprint density at radius 2 is 2.00 bits per heavy atom. The minimum Gasteiger partial charge on any atom is -0.340 e. The van der Waals surface area contributed by atoms with Crippen LogP contribution >= 0.6 is 23.2 Å². The van der Waals surface area contributed by atoms with Gasteiger partial charge >= 0.3 is 0 Å². The summed E-state index contributed by atoms with van der Waals surface area (Å²) in [6, 6.07) is 5.56. The van der Waals surface area contributed by atoms with Crippen molar-refractivity contribution in [3.05, 3.63) is 52.0 Å². The van der Waals surface area contributed by atoms with Crippen molar-refractivity contribution in [3.63, 3.8) is 0 Å². The lowest BCUT2D eigenvalue weighted by molar-refractivity contribution is 0.0719. The molecule has 2 fully saturated rings. The Balaban J connectivity index is 1.50. The van der Waals surface area contributed by atoms with E-state index in [0.717, 1.165) is 43.6 Å². The maximum atomic E-state index is 13.1. The highest BCUT2D eigenvalue weighted by molar-refractivity contribution is 6.42. The molecule has 1 aromatic carbocycles. The number of aryl methyl sites for hydroxylation is 1. The van der Waals surface area contributed by atoms with Gasteiger partial charge in [0, 0.05) is 39.4 Å². The molecule has 1 amide bonds. The van der Waals surface area contributed by atoms with Crippen molar-refractivity contribution in [2.24, 2.45) is 24.8 Å². The minimum absolute atomic E-state index is 0.0287. The number of benzene rings is 1. The smallest absolute Gasteiger partial charge is 0.274 e. The summed E-state index contributed by atoms with van der Waals surface area (Å²) < 4.78 is 1.80. The molecule has 0 bridgehead atoms. The molecule has 0 N–H and O–H groups in total. The van der Waals surface area contributed by atoms with Gasteiger partial charge < -0.3 is 14.4 Å². The zero-order chi connectivity index (χ0) is 19.1. The molecule has 1 aliphatic carbocycles. The maximum absolute atomic E-state index is 13.1. The summed E-state index contributed by atoms with van der Waals surface area (Å²) in [6.45, 7) is 6.91. The van der Waals surface area contributed by atoms with Gasteiger partial charge in [0.25, 0.3) is 5.91 Å². The molecule has 1 saturated carbocycles. The SMILES string of the molecule is CCN1CC2C(C1)C2CN(Cc1ccc(Cl)c(Cl)c1)C(=O)c1cn(C)cn1. The lowest BCUT2D eigenvalue weighted by atomic mass is 10.1. The van der Waals surface area contributed by atoms with Gasteiger partial charge in [-0.05, 0) is 42.0 Å². The zero-order valence-corrected chi connectivity index (χ0v) is 17.1. The van der Waals surface area contributed by atoms with E-state index in [2.05, 4.69) is 16.8 Å². The van der Waals surface area contributed by atoms with Crippen LogP contribution in [0.5, 0.6) is 0 Å². The van der Waals surface area contributed by atoms with E-state index in [-0.39, 0.29) is 5.91 Å². The molecule has 4 rings (SSSR count). The van der Waals surface area contributed by atoms with Gasteiger partial charge in [0.1, 0.15) is 5.69 Å². The first-order valence-corrected chi connectivity index (χ1v) is 10.2. The van der Waals surface area contributed by atoms with Crippen LogP contribution in [0.2, 0.25) is 10.0 Å². The predicted molar refractivity (Wildman–Crippen MR) is 107 cm³/mol. The number of aromatic nitrogens is 2. The van der Waals surface area contributed by atoms with Gasteiger partial charge in [0.05, 0.1) is 16.4 Å². The van der Waals surface area contributed by atoms with E-state index in [0.29, 0.717) is 28.2 Å². The van der Waals surface area contributed by atoms with E-state index in [1.807, 2.05) is 24.1 Å². The van der Waals surface area contributed by atoms with Crippen molar-refractivity contribution < 1.29 is 4.79 Å². The van der Waals surface area contributed by atoms with Crippen molar-refractivity contribution >= 4 is 29.1 Å². The van der Waals surface area contributed by atoms with Crippen molar-refractivity contribution in [1.29, 1.82) is 0 Å². The number of fused-ring (bicyclic) bond motifs is 1. The number of piperidine rings is 1. The number of carbonyl (C=O) groups excluding carboxylic acids is 1. The molecule has 2 atom stereocenters. The van der Waals surface area contributed by atoms with E-state index in [1.165, 1.54) is 0 Å². The summed E-state index contributed by atoms with van der Waals surface area (Å²) in [5.74, 6) is 2.00. The van der Waals surface area contributed by atoms with Crippen LogP contribution in [0, 0.1) is 17.8 Å². The van der Waals surface area contributed by atoms with Gasteiger partial charge in [-0.3, -0.25) is 4.79 Å². The summed E-state index contributed by atoms with van der Waals surface area (Å²) in [5.41, 5.74) is 1.47. The Morgan fingerprint density at radius 3 is 2.59 bits per heavy atom. The van der Waals surface area contributed by atoms with E-state index < -0.39 is 0 Å². The molecule has 2 aromatic rings. The van der Waals surface area contributed by atoms with E-state index in [4.69, 9.17) is 23.2 Å². The lowest BCUT2D eigenvalue weighted by Crippen LogP contribution is -2.35. The molecule has 1 aliphatic heterocycles. The first-order valence-electron chi connectivity index (χ1n) is 9.39. The molecule has 7 heteroatoms. The first kappa shape index (κ1) is 18.8. The fraction of sp³-hybridized carbons (Fsp3) is 0.500. The molecule has 2 heterocycles. The Bertz CT molecular complexity index is 840. The third-order valence-corrected chi connectivity index (χ3v) is 6.63. The number of carbonyl (C=O) groups is 1. The average Bonchev–Trinajstić information content (AvgIpc) is 3.02. The summed E-state index contributed by atoms with van der Waals surface area (Å²) in [6.07, 6.45) is 3.44. The van der Waals surface area contributed by atoms with Crippen molar-refractivity contribution in [2.75, 3.05) is 26.2 Å². The maximum Gasteiger partial charge on any atom is 0.274 e. The molecule has 144 valence electrons. The van der Waals surface area contributed by atoms with Crippen molar-refractivity contribution in [1.82, 2.24) is 19.4 Å². The molecule has 27 heavy (non-hydrogen) atoms. The van der Waals surface area contributed by atoms with Crippen LogP contribution in [0.1, 0.15) is 23.0 Å². The molecule has 1 aromatic heterocycles. The molecule has 1 saturated heterocycles. The van der Waals surface area contributed by atoms with Crippen LogP contribution in [0.3, 0.4) is 0 Å². The highest BCUT2D eigenvalue weighted by Gasteiger charge is 2.55. The van der Waals surface area contributed by atoms with Crippen LogP contribution in [0.4, 0.5) is 0 Å². The summed E-state index contributed by atoms with van der Waals surface area (Å²) in [4.78, 5) is 21.8. The summed E-state index contributed by atoms with van der Waals surface area (Å²) in [7, 11) is 1.87. The number of halogens is 2. The Morgan fingerprint density at radius 1 is 1.26 bits per heavy atom. The monoisotopic (exact) mass is 406 g/mol. The molecular formula is C20H24Cl2N4O. The van der Waals surface area contributed by atoms with Crippen LogP contribution in [-0.4, -0.2) is 51.4 Å². The normalized spacial score (nSPS) is 24.1. The van der Waals surface area contributed by atoms with Gasteiger partial charge in [-0.2, -0.15) is 0 Å². The van der Waals surface area contributed by atoms with E-state index in [1.54, 1.807) is 23.2 Å². The van der Waals surface area contributed by atoms with Gasteiger partial charge in [0.15, 0.2) is 0 Å². The summed E-state index contributed by atoms with van der Waals surface area (Å²) in [5, 5.41) is 1.04. The molecule has 0 radical (unpaired) electrons. The zero-order valence-electron chi connectivity index (χ0n) is 15.6. The third kappa shape index (κ3) is 3.86. The van der Waals surface area contributed by atoms with Gasteiger partial charge in [-0.1, -0.05) is 36.2 Å². The van der Waals surface area contributed by atoms with Crippen molar-refractivity contribution in [3.8, 4) is 0 Å². The highest BCUT2D eigenvalue weighted by atomic mass is 35.5. The topological polar surface area (TPSA) is 41.4 Å². The molecular weight excluding hydrogens is 383 g/mol. The number of nitrogens with zero attached hydrogens (tertiary/aromatic N) is 4. The Kier molecular flexibility index (Phi) is 5.19. The van der Waals surface area contributed by atoms with Crippen LogP contribution < -0.4 is 0 Å². The quantitative estimate of drug-likeness (QED) is 0.735. The second kappa shape index (κ2) is 7.46. The predicted octanol–water partition coefficient (Wildman–Crippen LogP) is 3.57. The highest BCUT2D eigenvalue weighted by Crippen LogP contribution is 2.52. The van der Waals surface area contributed by atoms with E-state index >= 15 is 0 Å². The number of hydrogen-bond acceptors (Lipinski definition) is 3. The van der Waals surface area contributed by atoms with Crippen LogP contribution in [0.25, 0.3) is 0 Å². The summed E-state index contributed by atoms with van der Waals surface area (Å²) >= 11 is 12.2. The third-order valence-electron chi connectivity index (χ3n) is 5.89. The van der Waals surface area contributed by atoms with Crippen LogP contribution in [0.15, 0.2) is 30.7 Å². The fourth-order valence-corrected chi connectivity index (χ4v) is 4.60. The van der Waals surface area contributed by atoms with E-state index in [9.17, 15) is 4.79 Å². The number of amides is 1. The molecule has 5 nitrogen and oxygen atoms in total. The number of imidazole rings is 1. The molecule has 2 unspecified atom stereocenters. The second-order valence-electron chi connectivity index (χ2n) is 7.70. The number of hydrogen-bond donors (Lipinski definition) is 0. The van der Waals surface area contributed by atoms with Gasteiger partial charge in [0.2, 0.25) is 0 Å². The second-order valence-corrected chi connectivity index (χ2v) is 8.52. The Hall–Kier alpha value is -1.56. The average molecular weight is 407 g/mol. The van der Waals surface area contributed by atoms with Crippen molar-refractivity contribution in [2.45, 2.75) is 13.5 Å². The van der Waals surface area contributed by atoms with Gasteiger partial charge in [-0.15, -0.1) is 0 Å². The Labute approximate surface area is 169 Å². The van der Waals surface area contributed by atoms with Gasteiger partial charge in [-0.25, -0.2) is 4.98 Å².